The number of esters is 1. The lowest BCUT2D eigenvalue weighted by atomic mass is 10.2. The highest BCUT2D eigenvalue weighted by Gasteiger charge is 2.15. The van der Waals surface area contributed by atoms with E-state index in [1.54, 1.807) is 43.3 Å². The summed E-state index contributed by atoms with van der Waals surface area (Å²) in [5.74, 6) is -0.226. The molecule has 1 atom stereocenters. The van der Waals surface area contributed by atoms with Gasteiger partial charge in [-0.3, -0.25) is 9.59 Å². The van der Waals surface area contributed by atoms with Gasteiger partial charge >= 0.3 is 5.97 Å². The van der Waals surface area contributed by atoms with E-state index in [1.165, 1.54) is 18.9 Å². The highest BCUT2D eigenvalue weighted by Crippen LogP contribution is 2.21. The van der Waals surface area contributed by atoms with Crippen molar-refractivity contribution in [1.82, 2.24) is 10.2 Å². The van der Waals surface area contributed by atoms with Crippen LogP contribution in [0, 0.1) is 0 Å². The van der Waals surface area contributed by atoms with Crippen molar-refractivity contribution < 1.29 is 14.3 Å². The molecule has 22 heavy (non-hydrogen) atoms. The Bertz CT molecular complexity index is 647. The van der Waals surface area contributed by atoms with Crippen molar-refractivity contribution in [2.24, 2.45) is 0 Å². The van der Waals surface area contributed by atoms with Crippen LogP contribution in [0.1, 0.15) is 17.3 Å². The fraction of sp³-hybridized carbons (Fsp3) is 0.200. The van der Waals surface area contributed by atoms with Crippen LogP contribution in [-0.2, 0) is 9.53 Å². The van der Waals surface area contributed by atoms with Crippen LogP contribution in [-0.4, -0.2) is 34.4 Å². The third-order valence-electron chi connectivity index (χ3n) is 2.75. The topological polar surface area (TPSA) is 81.2 Å². The fourth-order valence-corrected chi connectivity index (χ4v) is 2.41. The van der Waals surface area contributed by atoms with Gasteiger partial charge in [-0.25, -0.2) is 0 Å². The zero-order chi connectivity index (χ0) is 15.9. The maximum atomic E-state index is 12.0. The molecule has 2 rings (SSSR count). The number of carbonyl (C=O) groups is 2. The summed E-state index contributed by atoms with van der Waals surface area (Å²) in [5, 5.41) is 10.8. The molecule has 1 N–H and O–H groups in total. The molecular formula is C15H15N3O3S. The van der Waals surface area contributed by atoms with E-state index < -0.39 is 0 Å². The number of aromatic nitrogens is 2. The molecule has 7 heteroatoms. The highest BCUT2D eigenvalue weighted by molar-refractivity contribution is 8.00. The van der Waals surface area contributed by atoms with Crippen molar-refractivity contribution in [2.45, 2.75) is 17.2 Å². The average molecular weight is 317 g/mol. The van der Waals surface area contributed by atoms with Gasteiger partial charge in [0.2, 0.25) is 0 Å². The summed E-state index contributed by atoms with van der Waals surface area (Å²) >= 11 is 1.24. The number of anilines is 1. The highest BCUT2D eigenvalue weighted by atomic mass is 32.2. The third-order valence-corrected chi connectivity index (χ3v) is 3.75. The molecule has 1 heterocycles. The van der Waals surface area contributed by atoms with E-state index in [4.69, 9.17) is 0 Å². The van der Waals surface area contributed by atoms with Gasteiger partial charge in [0.1, 0.15) is 10.3 Å². The Labute approximate surface area is 132 Å². The van der Waals surface area contributed by atoms with Crippen LogP contribution < -0.4 is 5.32 Å². The second kappa shape index (κ2) is 7.56. The van der Waals surface area contributed by atoms with Crippen molar-refractivity contribution in [1.29, 1.82) is 0 Å². The molecule has 0 spiro atoms. The van der Waals surface area contributed by atoms with E-state index in [1.807, 2.05) is 6.07 Å². The summed E-state index contributed by atoms with van der Waals surface area (Å²) in [5.41, 5.74) is 0.544. The van der Waals surface area contributed by atoms with Gasteiger partial charge in [0, 0.05) is 5.56 Å². The molecule has 1 amide bonds. The normalized spacial score (nSPS) is 11.5. The molecular weight excluding hydrogens is 302 g/mol. The molecule has 0 aliphatic heterocycles. The van der Waals surface area contributed by atoms with Crippen LogP contribution in [0.15, 0.2) is 47.5 Å². The first kappa shape index (κ1) is 16.0. The number of thioether (sulfide) groups is 1. The summed E-state index contributed by atoms with van der Waals surface area (Å²) in [7, 11) is 1.34. The summed E-state index contributed by atoms with van der Waals surface area (Å²) < 4.78 is 4.64. The minimum Gasteiger partial charge on any atom is -0.468 e. The Kier molecular flexibility index (Phi) is 5.48. The molecule has 0 saturated carbocycles. The largest absolute Gasteiger partial charge is 0.468 e. The van der Waals surface area contributed by atoms with Crippen LogP contribution in [0.5, 0.6) is 0 Å². The number of ether oxygens (including phenoxy) is 1. The van der Waals surface area contributed by atoms with Crippen LogP contribution >= 0.6 is 11.8 Å². The molecule has 0 saturated heterocycles. The minimum atomic E-state index is -0.371. The van der Waals surface area contributed by atoms with Gasteiger partial charge in [-0.05, 0) is 31.2 Å². The van der Waals surface area contributed by atoms with Crippen molar-refractivity contribution in [3.63, 3.8) is 0 Å². The summed E-state index contributed by atoms with van der Waals surface area (Å²) in [6, 6.07) is 12.2. The first-order valence-corrected chi connectivity index (χ1v) is 7.42. The maximum absolute atomic E-state index is 12.0. The zero-order valence-electron chi connectivity index (χ0n) is 12.1. The lowest BCUT2D eigenvalue weighted by Gasteiger charge is -2.08. The second-order valence-electron chi connectivity index (χ2n) is 4.36. The maximum Gasteiger partial charge on any atom is 0.318 e. The number of hydrogen-bond donors (Lipinski definition) is 1. The van der Waals surface area contributed by atoms with Gasteiger partial charge in [0.25, 0.3) is 5.91 Å². The Morgan fingerprint density at radius 1 is 1.14 bits per heavy atom. The second-order valence-corrected chi connectivity index (χ2v) is 5.72. The molecule has 0 fully saturated rings. The van der Waals surface area contributed by atoms with E-state index in [0.29, 0.717) is 16.4 Å². The number of hydrogen-bond acceptors (Lipinski definition) is 6. The number of rotatable bonds is 5. The Morgan fingerprint density at radius 3 is 2.45 bits per heavy atom. The molecule has 0 aliphatic carbocycles. The van der Waals surface area contributed by atoms with Gasteiger partial charge in [-0.2, -0.15) is 0 Å². The Morgan fingerprint density at radius 2 is 1.86 bits per heavy atom. The molecule has 114 valence electrons. The summed E-state index contributed by atoms with van der Waals surface area (Å²) in [6.45, 7) is 1.73. The molecule has 1 aromatic heterocycles. The molecule has 6 nitrogen and oxygen atoms in total. The van der Waals surface area contributed by atoms with Crippen molar-refractivity contribution in [3.05, 3.63) is 48.0 Å². The standard InChI is InChI=1S/C15H15N3O3S/c1-10(15(20)21-2)22-13-9-8-12(17-18-13)16-14(19)11-6-4-3-5-7-11/h3-10H,1-2H3,(H,16,17,19). The van der Waals surface area contributed by atoms with E-state index >= 15 is 0 Å². The number of methoxy groups -OCH3 is 1. The molecule has 1 aromatic carbocycles. The van der Waals surface area contributed by atoms with Crippen LogP contribution in [0.2, 0.25) is 0 Å². The quantitative estimate of drug-likeness (QED) is 0.673. The molecule has 2 aromatic rings. The SMILES string of the molecule is COC(=O)C(C)Sc1ccc(NC(=O)c2ccccc2)nn1. The summed E-state index contributed by atoms with van der Waals surface area (Å²) in [4.78, 5) is 23.3. The predicted octanol–water partition coefficient (Wildman–Crippen LogP) is 2.38. The van der Waals surface area contributed by atoms with Crippen molar-refractivity contribution in [3.8, 4) is 0 Å². The molecule has 0 bridgehead atoms. The molecule has 0 aliphatic rings. The van der Waals surface area contributed by atoms with Crippen molar-refractivity contribution >= 4 is 29.5 Å². The minimum absolute atomic E-state index is 0.252. The number of carbonyl (C=O) groups excluding carboxylic acids is 2. The Hall–Kier alpha value is -2.41. The third kappa shape index (κ3) is 4.29. The van der Waals surface area contributed by atoms with Gasteiger partial charge in [-0.15, -0.1) is 10.2 Å². The van der Waals surface area contributed by atoms with Crippen LogP contribution in [0.4, 0.5) is 5.82 Å². The zero-order valence-corrected chi connectivity index (χ0v) is 13.0. The van der Waals surface area contributed by atoms with Crippen molar-refractivity contribution in [2.75, 3.05) is 12.4 Å². The van der Waals surface area contributed by atoms with E-state index in [9.17, 15) is 9.59 Å². The predicted molar refractivity (Wildman–Crippen MR) is 83.8 cm³/mol. The number of nitrogens with zero attached hydrogens (tertiary/aromatic N) is 2. The van der Waals surface area contributed by atoms with E-state index in [2.05, 4.69) is 20.3 Å². The number of benzene rings is 1. The van der Waals surface area contributed by atoms with Crippen LogP contribution in [0.3, 0.4) is 0 Å². The van der Waals surface area contributed by atoms with Gasteiger partial charge in [0.15, 0.2) is 5.82 Å². The lowest BCUT2D eigenvalue weighted by molar-refractivity contribution is -0.139. The Balaban J connectivity index is 1.97. The first-order chi connectivity index (χ1) is 10.6. The van der Waals surface area contributed by atoms with Gasteiger partial charge in [0.05, 0.1) is 7.11 Å². The van der Waals surface area contributed by atoms with E-state index in [-0.39, 0.29) is 17.1 Å². The fourth-order valence-electron chi connectivity index (χ4n) is 1.62. The van der Waals surface area contributed by atoms with Gasteiger partial charge in [-0.1, -0.05) is 30.0 Å². The molecule has 0 radical (unpaired) electrons. The van der Waals surface area contributed by atoms with Crippen LogP contribution in [0.25, 0.3) is 0 Å². The number of nitrogens with one attached hydrogen (secondary N) is 1. The van der Waals surface area contributed by atoms with Gasteiger partial charge < -0.3 is 10.1 Å². The molecule has 1 unspecified atom stereocenters. The van der Waals surface area contributed by atoms with E-state index in [0.717, 1.165) is 0 Å². The average Bonchev–Trinajstić information content (AvgIpc) is 2.56. The lowest BCUT2D eigenvalue weighted by Crippen LogP contribution is -2.15. The monoisotopic (exact) mass is 317 g/mol. The smallest absolute Gasteiger partial charge is 0.318 e. The first-order valence-electron chi connectivity index (χ1n) is 6.55. The number of amides is 1. The summed E-state index contributed by atoms with van der Waals surface area (Å²) in [6.07, 6.45) is 0.